The van der Waals surface area contributed by atoms with E-state index in [0.717, 1.165) is 39.4 Å². The molecule has 1 fully saturated rings. The van der Waals surface area contributed by atoms with E-state index in [2.05, 4.69) is 53.5 Å². The summed E-state index contributed by atoms with van der Waals surface area (Å²) in [5.41, 5.74) is 2.67. The standard InChI is InChI=1S/C18H28N2O/c1-17(15-18-7-3-2-4-8-18)16-19-9-5-6-10-20-11-13-21-14-12-20/h2-4,7-8,15,19H,5-6,9-14,16H2,1H3/b17-15-. The Morgan fingerprint density at radius 2 is 1.95 bits per heavy atom. The van der Waals surface area contributed by atoms with Crippen molar-refractivity contribution in [2.75, 3.05) is 45.9 Å². The first-order chi connectivity index (χ1) is 10.3. The van der Waals surface area contributed by atoms with Crippen LogP contribution in [0.5, 0.6) is 0 Å². The maximum Gasteiger partial charge on any atom is 0.0594 e. The van der Waals surface area contributed by atoms with Gasteiger partial charge in [-0.15, -0.1) is 0 Å². The summed E-state index contributed by atoms with van der Waals surface area (Å²) in [5.74, 6) is 0. The quantitative estimate of drug-likeness (QED) is 0.745. The number of ether oxygens (including phenoxy) is 1. The molecular formula is C18H28N2O. The van der Waals surface area contributed by atoms with Crippen LogP contribution in [-0.2, 0) is 4.74 Å². The number of rotatable bonds is 8. The Balaban J connectivity index is 1.52. The van der Waals surface area contributed by atoms with Gasteiger partial charge in [-0.1, -0.05) is 42.0 Å². The molecule has 0 spiro atoms. The number of hydrogen-bond donors (Lipinski definition) is 1. The van der Waals surface area contributed by atoms with Crippen LogP contribution in [0.15, 0.2) is 35.9 Å². The van der Waals surface area contributed by atoms with Gasteiger partial charge in [0.25, 0.3) is 0 Å². The van der Waals surface area contributed by atoms with E-state index >= 15 is 0 Å². The van der Waals surface area contributed by atoms with E-state index in [1.165, 1.54) is 30.5 Å². The third kappa shape index (κ3) is 6.89. The van der Waals surface area contributed by atoms with E-state index in [1.807, 2.05) is 0 Å². The lowest BCUT2D eigenvalue weighted by Gasteiger charge is -2.26. The first-order valence-electron chi connectivity index (χ1n) is 8.07. The normalized spacial score (nSPS) is 17.1. The molecule has 0 amide bonds. The monoisotopic (exact) mass is 288 g/mol. The van der Waals surface area contributed by atoms with Gasteiger partial charge >= 0.3 is 0 Å². The van der Waals surface area contributed by atoms with Crippen LogP contribution in [0.4, 0.5) is 0 Å². The summed E-state index contributed by atoms with van der Waals surface area (Å²) in [4.78, 5) is 2.50. The molecule has 0 radical (unpaired) electrons. The molecular weight excluding hydrogens is 260 g/mol. The molecule has 1 aliphatic rings. The molecule has 1 aromatic carbocycles. The number of unbranched alkanes of at least 4 members (excludes halogenated alkanes) is 1. The summed E-state index contributed by atoms with van der Waals surface area (Å²) in [5, 5.41) is 3.53. The second-order valence-electron chi connectivity index (χ2n) is 5.74. The zero-order valence-electron chi connectivity index (χ0n) is 13.2. The van der Waals surface area contributed by atoms with Gasteiger partial charge in [-0.25, -0.2) is 0 Å². The first kappa shape index (κ1) is 16.2. The molecule has 0 aliphatic carbocycles. The lowest BCUT2D eigenvalue weighted by molar-refractivity contribution is 0.0372. The molecule has 21 heavy (non-hydrogen) atoms. The Kier molecular flexibility index (Phi) is 7.50. The lowest BCUT2D eigenvalue weighted by Crippen LogP contribution is -2.37. The van der Waals surface area contributed by atoms with Crippen LogP contribution >= 0.6 is 0 Å². The number of nitrogens with one attached hydrogen (secondary N) is 1. The van der Waals surface area contributed by atoms with Crippen LogP contribution in [0.2, 0.25) is 0 Å². The van der Waals surface area contributed by atoms with E-state index in [0.29, 0.717) is 0 Å². The van der Waals surface area contributed by atoms with E-state index in [1.54, 1.807) is 0 Å². The Morgan fingerprint density at radius 3 is 2.71 bits per heavy atom. The molecule has 0 saturated carbocycles. The summed E-state index contributed by atoms with van der Waals surface area (Å²) in [7, 11) is 0. The van der Waals surface area contributed by atoms with Gasteiger partial charge in [-0.05, 0) is 38.4 Å². The predicted octanol–water partition coefficient (Wildman–Crippen LogP) is 2.79. The number of morpholine rings is 1. The lowest BCUT2D eigenvalue weighted by atomic mass is 10.1. The Bertz CT molecular complexity index is 410. The van der Waals surface area contributed by atoms with E-state index < -0.39 is 0 Å². The van der Waals surface area contributed by atoms with Crippen molar-refractivity contribution in [3.05, 3.63) is 41.5 Å². The second-order valence-corrected chi connectivity index (χ2v) is 5.74. The molecule has 1 aliphatic heterocycles. The third-order valence-electron chi connectivity index (χ3n) is 3.80. The van der Waals surface area contributed by atoms with Crippen molar-refractivity contribution in [2.45, 2.75) is 19.8 Å². The van der Waals surface area contributed by atoms with Crippen molar-refractivity contribution in [2.24, 2.45) is 0 Å². The van der Waals surface area contributed by atoms with Crippen LogP contribution in [0.3, 0.4) is 0 Å². The zero-order chi connectivity index (χ0) is 14.8. The smallest absolute Gasteiger partial charge is 0.0594 e. The molecule has 116 valence electrons. The summed E-state index contributed by atoms with van der Waals surface area (Å²) in [6, 6.07) is 10.5. The molecule has 0 bridgehead atoms. The molecule has 2 rings (SSSR count). The average Bonchev–Trinajstić information content (AvgIpc) is 2.53. The molecule has 1 heterocycles. The fourth-order valence-electron chi connectivity index (χ4n) is 2.58. The fourth-order valence-corrected chi connectivity index (χ4v) is 2.58. The van der Waals surface area contributed by atoms with Gasteiger partial charge in [0.2, 0.25) is 0 Å². The zero-order valence-corrected chi connectivity index (χ0v) is 13.2. The van der Waals surface area contributed by atoms with Crippen molar-refractivity contribution in [3.8, 4) is 0 Å². The molecule has 1 aromatic rings. The van der Waals surface area contributed by atoms with Gasteiger partial charge < -0.3 is 10.1 Å². The molecule has 3 heteroatoms. The van der Waals surface area contributed by atoms with Crippen molar-refractivity contribution >= 4 is 6.08 Å². The van der Waals surface area contributed by atoms with Crippen molar-refractivity contribution < 1.29 is 4.74 Å². The van der Waals surface area contributed by atoms with Gasteiger partial charge in [0.05, 0.1) is 13.2 Å². The Labute approximate surface area is 129 Å². The summed E-state index contributed by atoms with van der Waals surface area (Å²) in [6.45, 7) is 9.50. The summed E-state index contributed by atoms with van der Waals surface area (Å²) in [6.07, 6.45) is 4.77. The number of nitrogens with zero attached hydrogens (tertiary/aromatic N) is 1. The highest BCUT2D eigenvalue weighted by molar-refractivity contribution is 5.52. The third-order valence-corrected chi connectivity index (χ3v) is 3.80. The highest BCUT2D eigenvalue weighted by atomic mass is 16.5. The van der Waals surface area contributed by atoms with Crippen LogP contribution < -0.4 is 5.32 Å². The molecule has 0 unspecified atom stereocenters. The highest BCUT2D eigenvalue weighted by Gasteiger charge is 2.08. The largest absolute Gasteiger partial charge is 0.379 e. The number of benzene rings is 1. The van der Waals surface area contributed by atoms with Gasteiger partial charge in [0.1, 0.15) is 0 Å². The van der Waals surface area contributed by atoms with Gasteiger partial charge in [0, 0.05) is 19.6 Å². The minimum Gasteiger partial charge on any atom is -0.379 e. The Morgan fingerprint density at radius 1 is 1.19 bits per heavy atom. The fraction of sp³-hybridized carbons (Fsp3) is 0.556. The summed E-state index contributed by atoms with van der Waals surface area (Å²) < 4.78 is 5.36. The van der Waals surface area contributed by atoms with Gasteiger partial charge in [0.15, 0.2) is 0 Å². The second kappa shape index (κ2) is 9.72. The molecule has 0 aromatic heterocycles. The first-order valence-corrected chi connectivity index (χ1v) is 8.07. The van der Waals surface area contributed by atoms with Gasteiger partial charge in [-0.3, -0.25) is 4.90 Å². The SMILES string of the molecule is C/C(=C/c1ccccc1)CNCCCCN1CCOCC1. The van der Waals surface area contributed by atoms with Crippen LogP contribution in [-0.4, -0.2) is 50.8 Å². The van der Waals surface area contributed by atoms with Crippen LogP contribution in [0.1, 0.15) is 25.3 Å². The average molecular weight is 288 g/mol. The molecule has 1 saturated heterocycles. The van der Waals surface area contributed by atoms with Crippen molar-refractivity contribution in [3.63, 3.8) is 0 Å². The number of hydrogen-bond acceptors (Lipinski definition) is 3. The van der Waals surface area contributed by atoms with Crippen molar-refractivity contribution in [1.82, 2.24) is 10.2 Å². The topological polar surface area (TPSA) is 24.5 Å². The van der Waals surface area contributed by atoms with Gasteiger partial charge in [-0.2, -0.15) is 0 Å². The van der Waals surface area contributed by atoms with Crippen LogP contribution in [0, 0.1) is 0 Å². The minimum atomic E-state index is 0.904. The molecule has 1 N–H and O–H groups in total. The predicted molar refractivity (Wildman–Crippen MR) is 89.5 cm³/mol. The van der Waals surface area contributed by atoms with E-state index in [4.69, 9.17) is 4.74 Å². The Hall–Kier alpha value is -1.16. The van der Waals surface area contributed by atoms with E-state index in [-0.39, 0.29) is 0 Å². The molecule has 0 atom stereocenters. The maximum absolute atomic E-state index is 5.36. The maximum atomic E-state index is 5.36. The van der Waals surface area contributed by atoms with Crippen molar-refractivity contribution in [1.29, 1.82) is 0 Å². The van der Waals surface area contributed by atoms with E-state index in [9.17, 15) is 0 Å². The van der Waals surface area contributed by atoms with Crippen LogP contribution in [0.25, 0.3) is 6.08 Å². The summed E-state index contributed by atoms with van der Waals surface area (Å²) >= 11 is 0. The molecule has 3 nitrogen and oxygen atoms in total. The highest BCUT2D eigenvalue weighted by Crippen LogP contribution is 2.05. The minimum absolute atomic E-state index is 0.904.